The van der Waals surface area contributed by atoms with Gasteiger partial charge in [0.15, 0.2) is 0 Å². The number of esters is 2. The Morgan fingerprint density at radius 3 is 1.30 bits per heavy atom. The van der Waals surface area contributed by atoms with E-state index in [1.165, 1.54) is 0 Å². The van der Waals surface area contributed by atoms with Gasteiger partial charge in [0.2, 0.25) is 0 Å². The van der Waals surface area contributed by atoms with Crippen LogP contribution in [0.3, 0.4) is 0 Å². The van der Waals surface area contributed by atoms with E-state index in [4.69, 9.17) is 18.9 Å². The van der Waals surface area contributed by atoms with E-state index in [-0.39, 0.29) is 13.2 Å². The Labute approximate surface area is 291 Å². The predicted molar refractivity (Wildman–Crippen MR) is 200 cm³/mol. The van der Waals surface area contributed by atoms with Gasteiger partial charge in [-0.05, 0) is 85.6 Å². The van der Waals surface area contributed by atoms with Crippen LogP contribution in [0.1, 0.15) is 45.7 Å². The highest BCUT2D eigenvalue weighted by Gasteiger charge is 2.21. The molecule has 6 heteroatoms. The SMILES string of the molecule is Cc1ccc2c(OCC(C)OC(=O)c3ccc4ccccc4c3)c3cc(C)ccc3c(OCC(C)OC(=O)c3ccc4ccccc4c3)c2c1. The van der Waals surface area contributed by atoms with Gasteiger partial charge in [0.1, 0.15) is 36.9 Å². The average molecular weight is 663 g/mol. The van der Waals surface area contributed by atoms with Gasteiger partial charge in [-0.1, -0.05) is 96.1 Å². The Kier molecular flexibility index (Phi) is 9.09. The maximum Gasteiger partial charge on any atom is 0.338 e. The molecule has 7 rings (SSSR count). The lowest BCUT2D eigenvalue weighted by Crippen LogP contribution is -2.23. The number of aryl methyl sites for hydroxylation is 2. The number of carbonyl (C=O) groups excluding carboxylic acids is 2. The minimum absolute atomic E-state index is 0.160. The highest BCUT2D eigenvalue weighted by molar-refractivity contribution is 6.11. The fraction of sp³-hybridized carbons (Fsp3) is 0.182. The molecule has 0 amide bonds. The Morgan fingerprint density at radius 2 is 0.880 bits per heavy atom. The van der Waals surface area contributed by atoms with Crippen molar-refractivity contribution in [1.82, 2.24) is 0 Å². The molecule has 0 aliphatic heterocycles. The summed E-state index contributed by atoms with van der Waals surface area (Å²) in [6, 6.07) is 39.2. The molecular formula is C44H38O6. The molecule has 7 aromatic rings. The lowest BCUT2D eigenvalue weighted by atomic mass is 9.97. The topological polar surface area (TPSA) is 71.1 Å². The number of ether oxygens (including phenoxy) is 4. The largest absolute Gasteiger partial charge is 0.488 e. The standard InChI is InChI=1S/C44H38O6/c1-27-13-19-37-39(21-27)41(47-25-29(3)49-43(45)35-17-15-31-9-5-7-11-33(31)23-35)38-20-14-28(2)22-40(38)42(37)48-26-30(4)50-44(46)36-18-16-32-10-6-8-12-34(32)24-36/h5-24,29-30H,25-26H2,1-4H3. The number of fused-ring (bicyclic) bond motifs is 4. The summed E-state index contributed by atoms with van der Waals surface area (Å²) in [6.07, 6.45) is -1.02. The first-order chi connectivity index (χ1) is 24.2. The van der Waals surface area contributed by atoms with Crippen molar-refractivity contribution in [1.29, 1.82) is 0 Å². The summed E-state index contributed by atoms with van der Waals surface area (Å²) in [5.74, 6) is 0.588. The third-order valence-electron chi connectivity index (χ3n) is 8.84. The lowest BCUT2D eigenvalue weighted by Gasteiger charge is -2.21. The number of hydrogen-bond acceptors (Lipinski definition) is 6. The Balaban J connectivity index is 1.11. The van der Waals surface area contributed by atoms with Crippen LogP contribution in [0.2, 0.25) is 0 Å². The molecule has 2 unspecified atom stereocenters. The maximum absolute atomic E-state index is 13.1. The van der Waals surface area contributed by atoms with E-state index in [0.29, 0.717) is 22.6 Å². The van der Waals surface area contributed by atoms with Crippen LogP contribution in [0.15, 0.2) is 121 Å². The van der Waals surface area contributed by atoms with E-state index in [2.05, 4.69) is 12.1 Å². The molecule has 0 radical (unpaired) electrons. The smallest absolute Gasteiger partial charge is 0.338 e. The molecule has 0 fully saturated rings. The molecule has 0 saturated heterocycles. The number of rotatable bonds is 10. The van der Waals surface area contributed by atoms with E-state index >= 15 is 0 Å². The molecular weight excluding hydrogens is 624 g/mol. The first-order valence-electron chi connectivity index (χ1n) is 16.9. The highest BCUT2D eigenvalue weighted by Crippen LogP contribution is 2.43. The van der Waals surface area contributed by atoms with Gasteiger partial charge in [-0.15, -0.1) is 0 Å². The first-order valence-corrected chi connectivity index (χ1v) is 16.9. The molecule has 0 aliphatic carbocycles. The Hall–Kier alpha value is -5.88. The van der Waals surface area contributed by atoms with Crippen molar-refractivity contribution in [2.45, 2.75) is 39.9 Å². The van der Waals surface area contributed by atoms with Gasteiger partial charge in [-0.3, -0.25) is 0 Å². The summed E-state index contributed by atoms with van der Waals surface area (Å²) < 4.78 is 24.6. The molecule has 0 heterocycles. The monoisotopic (exact) mass is 662 g/mol. The van der Waals surface area contributed by atoms with Gasteiger partial charge in [-0.2, -0.15) is 0 Å². The fourth-order valence-corrected chi connectivity index (χ4v) is 6.29. The molecule has 250 valence electrons. The van der Waals surface area contributed by atoms with E-state index in [1.807, 2.05) is 125 Å². The predicted octanol–water partition coefficient (Wildman–Crippen LogP) is 10.2. The second kappa shape index (κ2) is 13.9. The number of hydrogen-bond donors (Lipinski definition) is 0. The van der Waals surface area contributed by atoms with Crippen LogP contribution in [-0.2, 0) is 9.47 Å². The summed E-state index contributed by atoms with van der Waals surface area (Å²) in [6.45, 7) is 8.05. The molecule has 0 aromatic heterocycles. The number of benzene rings is 7. The molecule has 0 bridgehead atoms. The second-order valence-electron chi connectivity index (χ2n) is 12.9. The summed E-state index contributed by atoms with van der Waals surface area (Å²) in [5.41, 5.74) is 3.12. The quantitative estimate of drug-likeness (QED) is 0.107. The molecule has 0 spiro atoms. The molecule has 0 aliphatic rings. The van der Waals surface area contributed by atoms with Gasteiger partial charge < -0.3 is 18.9 Å². The molecule has 50 heavy (non-hydrogen) atoms. The maximum atomic E-state index is 13.1. The first kappa shape index (κ1) is 32.7. The summed E-state index contributed by atoms with van der Waals surface area (Å²) in [4.78, 5) is 26.1. The zero-order valence-electron chi connectivity index (χ0n) is 28.6. The minimum Gasteiger partial charge on any atom is -0.488 e. The highest BCUT2D eigenvalue weighted by atomic mass is 16.6. The zero-order chi connectivity index (χ0) is 34.8. The van der Waals surface area contributed by atoms with Crippen molar-refractivity contribution in [2.24, 2.45) is 0 Å². The molecule has 7 aromatic carbocycles. The summed E-state index contributed by atoms with van der Waals surface area (Å²) in [7, 11) is 0. The number of carbonyl (C=O) groups is 2. The van der Waals surface area contributed by atoms with E-state index in [9.17, 15) is 9.59 Å². The van der Waals surface area contributed by atoms with Gasteiger partial charge in [-0.25, -0.2) is 9.59 Å². The van der Waals surface area contributed by atoms with Crippen LogP contribution < -0.4 is 9.47 Å². The van der Waals surface area contributed by atoms with Crippen molar-refractivity contribution in [3.8, 4) is 11.5 Å². The molecule has 0 saturated carbocycles. The summed E-state index contributed by atoms with van der Waals surface area (Å²) in [5, 5.41) is 7.59. The van der Waals surface area contributed by atoms with Crippen molar-refractivity contribution in [2.75, 3.05) is 13.2 Å². The van der Waals surface area contributed by atoms with Crippen molar-refractivity contribution < 1.29 is 28.5 Å². The second-order valence-corrected chi connectivity index (χ2v) is 12.9. The van der Waals surface area contributed by atoms with Crippen molar-refractivity contribution in [3.63, 3.8) is 0 Å². The van der Waals surface area contributed by atoms with Crippen LogP contribution >= 0.6 is 0 Å². The fourth-order valence-electron chi connectivity index (χ4n) is 6.29. The molecule has 0 N–H and O–H groups in total. The molecule has 2 atom stereocenters. The third kappa shape index (κ3) is 6.83. The van der Waals surface area contributed by atoms with Gasteiger partial charge >= 0.3 is 11.9 Å². The molecule has 6 nitrogen and oxygen atoms in total. The van der Waals surface area contributed by atoms with Crippen LogP contribution in [0, 0.1) is 13.8 Å². The normalized spacial score (nSPS) is 12.6. The van der Waals surface area contributed by atoms with Gasteiger partial charge in [0.25, 0.3) is 0 Å². The van der Waals surface area contributed by atoms with Crippen LogP contribution in [0.5, 0.6) is 11.5 Å². The Morgan fingerprint density at radius 1 is 0.480 bits per heavy atom. The van der Waals surface area contributed by atoms with Crippen LogP contribution in [0.25, 0.3) is 43.1 Å². The lowest BCUT2D eigenvalue weighted by molar-refractivity contribution is 0.0222. The van der Waals surface area contributed by atoms with E-state index in [1.54, 1.807) is 12.1 Å². The van der Waals surface area contributed by atoms with Crippen LogP contribution in [0.4, 0.5) is 0 Å². The van der Waals surface area contributed by atoms with E-state index < -0.39 is 24.1 Å². The Bertz CT molecular complexity index is 2220. The van der Waals surface area contributed by atoms with Crippen LogP contribution in [-0.4, -0.2) is 37.4 Å². The van der Waals surface area contributed by atoms with Crippen molar-refractivity contribution >= 4 is 55.0 Å². The minimum atomic E-state index is -0.511. The average Bonchev–Trinajstić information content (AvgIpc) is 3.12. The zero-order valence-corrected chi connectivity index (χ0v) is 28.6. The van der Waals surface area contributed by atoms with E-state index in [0.717, 1.165) is 54.2 Å². The van der Waals surface area contributed by atoms with Gasteiger partial charge in [0, 0.05) is 21.5 Å². The third-order valence-corrected chi connectivity index (χ3v) is 8.84. The van der Waals surface area contributed by atoms with Gasteiger partial charge in [0.05, 0.1) is 11.1 Å². The summed E-state index contributed by atoms with van der Waals surface area (Å²) >= 11 is 0. The van der Waals surface area contributed by atoms with Crippen molar-refractivity contribution in [3.05, 3.63) is 144 Å².